The number of nitrogens with zero attached hydrogens (tertiary/aromatic N) is 3. The third-order valence-corrected chi connectivity index (χ3v) is 10.0. The second kappa shape index (κ2) is 18.6. The molecule has 0 spiro atoms. The van der Waals surface area contributed by atoms with Gasteiger partial charge in [-0.3, -0.25) is 19.4 Å². The van der Waals surface area contributed by atoms with Crippen LogP contribution in [0, 0.1) is 0 Å². The van der Waals surface area contributed by atoms with Crippen molar-refractivity contribution in [1.29, 1.82) is 0 Å². The first-order valence-electron chi connectivity index (χ1n) is 19.9. The van der Waals surface area contributed by atoms with Crippen LogP contribution in [-0.4, -0.2) is 69.2 Å². The third-order valence-electron chi connectivity index (χ3n) is 10.0. The molecule has 304 valence electrons. The number of nitrogens with one attached hydrogen (secondary N) is 2. The Hall–Kier alpha value is -5.58. The first-order valence-corrected chi connectivity index (χ1v) is 19.9. The minimum absolute atomic E-state index is 0.140. The van der Waals surface area contributed by atoms with Gasteiger partial charge in [-0.1, -0.05) is 54.6 Å². The summed E-state index contributed by atoms with van der Waals surface area (Å²) in [6, 6.07) is 24.1. The van der Waals surface area contributed by atoms with Crippen molar-refractivity contribution in [3.05, 3.63) is 115 Å². The highest BCUT2D eigenvalue weighted by atomic mass is 16.6. The SMILES string of the molecule is C=CCC1CCC(C(=O)Nc2ccc(CN(Cc3ccc(NC(=O)C4CCC(CC=C)N4C(=O)OC(C)(C)C)cc3)c3ccccc3)cc2)N1C(=O)OC(C)(C)C. The first kappa shape index (κ1) is 42.6. The molecule has 57 heavy (non-hydrogen) atoms. The van der Waals surface area contributed by atoms with Crippen LogP contribution in [0.15, 0.2) is 104 Å². The van der Waals surface area contributed by atoms with Gasteiger partial charge >= 0.3 is 12.2 Å². The van der Waals surface area contributed by atoms with Gasteiger partial charge in [0.1, 0.15) is 23.3 Å². The molecule has 2 N–H and O–H groups in total. The molecule has 3 aromatic rings. The molecule has 2 fully saturated rings. The average molecular weight is 778 g/mol. The summed E-state index contributed by atoms with van der Waals surface area (Å²) in [5, 5.41) is 6.04. The van der Waals surface area contributed by atoms with E-state index >= 15 is 0 Å². The van der Waals surface area contributed by atoms with Crippen molar-refractivity contribution in [2.45, 2.75) is 129 Å². The molecule has 5 rings (SSSR count). The molecule has 4 atom stereocenters. The first-order chi connectivity index (χ1) is 27.0. The number of hydrogen-bond acceptors (Lipinski definition) is 7. The molecule has 11 heteroatoms. The molecule has 0 bridgehead atoms. The van der Waals surface area contributed by atoms with E-state index in [1.165, 1.54) is 0 Å². The van der Waals surface area contributed by atoms with Crippen molar-refractivity contribution >= 4 is 41.1 Å². The number of benzene rings is 3. The predicted octanol–water partition coefficient (Wildman–Crippen LogP) is 9.46. The van der Waals surface area contributed by atoms with Gasteiger partial charge in [0.05, 0.1) is 0 Å². The third kappa shape index (κ3) is 11.7. The van der Waals surface area contributed by atoms with Gasteiger partial charge in [-0.05, 0) is 128 Å². The summed E-state index contributed by atoms with van der Waals surface area (Å²) in [6.45, 7) is 19.8. The number of anilines is 3. The molecular weight excluding hydrogens is 719 g/mol. The molecule has 2 saturated heterocycles. The van der Waals surface area contributed by atoms with Crippen LogP contribution in [0.2, 0.25) is 0 Å². The Labute approximate surface area is 338 Å². The van der Waals surface area contributed by atoms with Crippen LogP contribution in [-0.2, 0) is 32.2 Å². The minimum atomic E-state index is -0.677. The summed E-state index contributed by atoms with van der Waals surface area (Å²) >= 11 is 0. The molecular formula is C46H59N5O6. The lowest BCUT2D eigenvalue weighted by Gasteiger charge is -2.31. The number of rotatable bonds is 13. The maximum atomic E-state index is 13.5. The maximum absolute atomic E-state index is 13.5. The fourth-order valence-corrected chi connectivity index (χ4v) is 7.47. The smallest absolute Gasteiger partial charge is 0.411 e. The lowest BCUT2D eigenvalue weighted by atomic mass is 10.1. The van der Waals surface area contributed by atoms with E-state index < -0.39 is 35.5 Å². The quantitative estimate of drug-likeness (QED) is 0.166. The molecule has 0 saturated carbocycles. The number of amides is 4. The summed E-state index contributed by atoms with van der Waals surface area (Å²) < 4.78 is 11.3. The van der Waals surface area contributed by atoms with Crippen molar-refractivity contribution in [2.24, 2.45) is 0 Å². The van der Waals surface area contributed by atoms with E-state index in [1.807, 2.05) is 108 Å². The molecule has 2 aliphatic heterocycles. The Morgan fingerprint density at radius 3 is 1.37 bits per heavy atom. The Bertz CT molecular complexity index is 1750. The topological polar surface area (TPSA) is 121 Å². The Morgan fingerprint density at radius 1 is 0.632 bits per heavy atom. The maximum Gasteiger partial charge on any atom is 0.411 e. The van der Waals surface area contributed by atoms with E-state index in [0.717, 1.165) is 16.8 Å². The van der Waals surface area contributed by atoms with Crippen LogP contribution in [0.4, 0.5) is 26.7 Å². The number of hydrogen-bond donors (Lipinski definition) is 2. The van der Waals surface area contributed by atoms with Gasteiger partial charge in [0.25, 0.3) is 0 Å². The van der Waals surface area contributed by atoms with Gasteiger partial charge in [0, 0.05) is 42.2 Å². The van der Waals surface area contributed by atoms with Gasteiger partial charge < -0.3 is 25.0 Å². The van der Waals surface area contributed by atoms with Gasteiger partial charge in [-0.2, -0.15) is 0 Å². The molecule has 3 aromatic carbocycles. The lowest BCUT2D eigenvalue weighted by molar-refractivity contribution is -0.121. The van der Waals surface area contributed by atoms with E-state index in [2.05, 4.69) is 40.8 Å². The van der Waals surface area contributed by atoms with Gasteiger partial charge in [-0.15, -0.1) is 13.2 Å². The molecule has 2 heterocycles. The zero-order valence-electron chi connectivity index (χ0n) is 34.3. The minimum Gasteiger partial charge on any atom is -0.444 e. The largest absolute Gasteiger partial charge is 0.444 e. The molecule has 0 aromatic heterocycles. The van der Waals surface area contributed by atoms with Gasteiger partial charge in [-0.25, -0.2) is 9.59 Å². The van der Waals surface area contributed by atoms with Crippen molar-refractivity contribution < 1.29 is 28.7 Å². The lowest BCUT2D eigenvalue weighted by Crippen LogP contribution is -2.48. The van der Waals surface area contributed by atoms with Crippen LogP contribution >= 0.6 is 0 Å². The van der Waals surface area contributed by atoms with Crippen molar-refractivity contribution in [2.75, 3.05) is 15.5 Å². The Kier molecular flexibility index (Phi) is 13.9. The molecule has 4 unspecified atom stereocenters. The van der Waals surface area contributed by atoms with Crippen LogP contribution in [0.3, 0.4) is 0 Å². The zero-order chi connectivity index (χ0) is 41.3. The highest BCUT2D eigenvalue weighted by molar-refractivity contribution is 5.97. The van der Waals surface area contributed by atoms with Gasteiger partial charge in [0.2, 0.25) is 11.8 Å². The predicted molar refractivity (Wildman–Crippen MR) is 226 cm³/mol. The summed E-state index contributed by atoms with van der Waals surface area (Å²) in [5.74, 6) is -0.488. The summed E-state index contributed by atoms with van der Waals surface area (Å²) in [6.07, 6.45) is 6.22. The van der Waals surface area contributed by atoms with Crippen LogP contribution < -0.4 is 15.5 Å². The second-order valence-corrected chi connectivity index (χ2v) is 16.9. The summed E-state index contributed by atoms with van der Waals surface area (Å²) in [4.78, 5) is 58.8. The Morgan fingerprint density at radius 2 is 1.02 bits per heavy atom. The van der Waals surface area contributed by atoms with Crippen LogP contribution in [0.5, 0.6) is 0 Å². The fraction of sp³-hybridized carbons (Fsp3) is 0.435. The highest BCUT2D eigenvalue weighted by Crippen LogP contribution is 2.32. The van der Waals surface area contributed by atoms with Crippen LogP contribution in [0.1, 0.15) is 91.2 Å². The number of carbonyl (C=O) groups excluding carboxylic acids is 4. The second-order valence-electron chi connectivity index (χ2n) is 16.9. The van der Waals surface area contributed by atoms with Crippen molar-refractivity contribution in [3.8, 4) is 0 Å². The van der Waals surface area contributed by atoms with Crippen molar-refractivity contribution in [1.82, 2.24) is 9.80 Å². The average Bonchev–Trinajstić information content (AvgIpc) is 3.77. The van der Waals surface area contributed by atoms with E-state index in [4.69, 9.17) is 9.47 Å². The highest BCUT2D eigenvalue weighted by Gasteiger charge is 2.43. The fourth-order valence-electron chi connectivity index (χ4n) is 7.47. The van der Waals surface area contributed by atoms with E-state index in [9.17, 15) is 19.2 Å². The standard InChI is InChI=1S/C46H59N5O6/c1-9-14-37-26-28-39(50(37)43(54)56-45(3,4)5)41(52)47-34-22-18-32(19-23-34)30-49(36-16-12-11-13-17-36)31-33-20-24-35(25-21-33)48-42(53)40-29-27-38(15-10-2)51(40)44(55)57-46(6,7)8/h9-13,16-25,37-40H,1-2,14-15,26-31H2,3-8H3,(H,47,52)(H,48,53). The van der Waals surface area contributed by atoms with E-state index in [0.29, 0.717) is 63.0 Å². The monoisotopic (exact) mass is 777 g/mol. The number of carbonyl (C=O) groups is 4. The summed E-state index contributed by atoms with van der Waals surface area (Å²) in [5.41, 5.74) is 3.07. The molecule has 2 aliphatic rings. The normalized spacial score (nSPS) is 19.4. The molecule has 0 radical (unpaired) electrons. The molecule has 4 amide bonds. The molecule has 11 nitrogen and oxygen atoms in total. The van der Waals surface area contributed by atoms with Crippen LogP contribution in [0.25, 0.3) is 0 Å². The number of para-hydroxylation sites is 1. The number of ether oxygens (including phenoxy) is 2. The molecule has 0 aliphatic carbocycles. The van der Waals surface area contributed by atoms with E-state index in [1.54, 1.807) is 22.0 Å². The zero-order valence-corrected chi connectivity index (χ0v) is 34.3. The van der Waals surface area contributed by atoms with Gasteiger partial charge in [0.15, 0.2) is 0 Å². The Balaban J connectivity index is 1.23. The van der Waals surface area contributed by atoms with Crippen molar-refractivity contribution in [3.63, 3.8) is 0 Å². The number of likely N-dealkylation sites (tertiary alicyclic amines) is 2. The van der Waals surface area contributed by atoms with E-state index in [-0.39, 0.29) is 23.9 Å². The summed E-state index contributed by atoms with van der Waals surface area (Å²) in [7, 11) is 0.